The lowest BCUT2D eigenvalue weighted by Gasteiger charge is -2.34. The van der Waals surface area contributed by atoms with E-state index in [9.17, 15) is 9.59 Å². The zero-order valence-electron chi connectivity index (χ0n) is 32.0. The van der Waals surface area contributed by atoms with E-state index in [2.05, 4.69) is 31.1 Å². The van der Waals surface area contributed by atoms with E-state index >= 15 is 0 Å². The lowest BCUT2D eigenvalue weighted by Crippen LogP contribution is -2.42. The summed E-state index contributed by atoms with van der Waals surface area (Å²) in [6.45, 7) is 13.8. The highest BCUT2D eigenvalue weighted by molar-refractivity contribution is 9.10. The molecule has 2 amide bonds. The van der Waals surface area contributed by atoms with E-state index < -0.39 is 11.2 Å². The molecule has 0 bridgehead atoms. The molecule has 5 aromatic rings. The van der Waals surface area contributed by atoms with Crippen LogP contribution in [-0.2, 0) is 9.47 Å². The number of fused-ring (bicyclic) bond motifs is 2. The Morgan fingerprint density at radius 2 is 1.28 bits per heavy atom. The predicted octanol–water partition coefficient (Wildman–Crippen LogP) is 7.59. The first-order chi connectivity index (χ1) is 25.6. The molecule has 2 saturated heterocycles. The van der Waals surface area contributed by atoms with E-state index in [1.807, 2.05) is 59.1 Å². The molecule has 5 aromatic heterocycles. The first-order valence-electron chi connectivity index (χ1n) is 18.0. The van der Waals surface area contributed by atoms with Crippen molar-refractivity contribution in [1.29, 1.82) is 0 Å². The summed E-state index contributed by atoms with van der Waals surface area (Å²) in [5.41, 5.74) is 5.71. The normalized spacial score (nSPS) is 17.9. The number of rotatable bonds is 5. The van der Waals surface area contributed by atoms with Crippen molar-refractivity contribution in [2.75, 3.05) is 40.4 Å². The monoisotopic (exact) mass is 825 g/mol. The number of nitrogens with zero attached hydrogens (tertiary/aromatic N) is 9. The molecule has 7 heterocycles. The number of ether oxygens (including phenoxy) is 4. The van der Waals surface area contributed by atoms with Crippen molar-refractivity contribution in [3.05, 3.63) is 51.3 Å². The molecule has 2 aliphatic rings. The van der Waals surface area contributed by atoms with Gasteiger partial charge >= 0.3 is 12.2 Å². The molecule has 290 valence electrons. The number of thiazole rings is 1. The van der Waals surface area contributed by atoms with Crippen LogP contribution in [0.25, 0.3) is 22.6 Å². The Morgan fingerprint density at radius 3 is 1.76 bits per heavy atom. The Morgan fingerprint density at radius 1 is 0.778 bits per heavy atom. The maximum atomic E-state index is 12.5. The first kappa shape index (κ1) is 39.2. The molecule has 54 heavy (non-hydrogen) atoms. The van der Waals surface area contributed by atoms with Crippen molar-refractivity contribution < 1.29 is 28.5 Å². The number of halogens is 1. The summed E-state index contributed by atoms with van der Waals surface area (Å²) in [6, 6.07) is 3.81. The van der Waals surface area contributed by atoms with Crippen molar-refractivity contribution in [2.45, 2.75) is 90.3 Å². The summed E-state index contributed by atoms with van der Waals surface area (Å²) in [5, 5.41) is 10.7. The van der Waals surface area contributed by atoms with Crippen LogP contribution in [0.15, 0.2) is 39.9 Å². The Hall–Kier alpha value is -4.51. The third kappa shape index (κ3) is 9.05. The van der Waals surface area contributed by atoms with Gasteiger partial charge in [-0.15, -0.1) is 11.3 Å². The SMILES string of the molecule is COc1cc(C2CCCN(C(=O)OC(C)(C)C)C2)nc2c(-c3cscn3)cnn12.COc1cc(C2CCCN(C(=O)OC(C)(C)C)C2)nc2c(Br)cnn12. The fraction of sp³-hybridized carbons (Fsp3) is 0.541. The van der Waals surface area contributed by atoms with E-state index in [1.165, 1.54) is 11.3 Å². The van der Waals surface area contributed by atoms with Crippen molar-refractivity contribution in [2.24, 2.45) is 0 Å². The quantitative estimate of drug-likeness (QED) is 0.172. The second-order valence-electron chi connectivity index (χ2n) is 15.4. The fourth-order valence-corrected chi connectivity index (χ4v) is 7.44. The van der Waals surface area contributed by atoms with Gasteiger partial charge in [0.05, 0.1) is 59.2 Å². The topological polar surface area (TPSA) is 151 Å². The summed E-state index contributed by atoms with van der Waals surface area (Å²) in [4.78, 5) is 42.5. The van der Waals surface area contributed by atoms with Gasteiger partial charge in [0.25, 0.3) is 0 Å². The van der Waals surface area contributed by atoms with Gasteiger partial charge in [0, 0.05) is 55.5 Å². The zero-order valence-corrected chi connectivity index (χ0v) is 34.4. The average Bonchev–Trinajstić information content (AvgIpc) is 3.90. The molecular formula is C37H48BrN9O6S. The van der Waals surface area contributed by atoms with Gasteiger partial charge in [-0.1, -0.05) is 0 Å². The summed E-state index contributed by atoms with van der Waals surface area (Å²) >= 11 is 5.00. The lowest BCUT2D eigenvalue weighted by molar-refractivity contribution is 0.0187. The Bertz CT molecular complexity index is 2090. The smallest absolute Gasteiger partial charge is 0.410 e. The molecule has 0 radical (unpaired) electrons. The number of aromatic nitrogens is 7. The van der Waals surface area contributed by atoms with Crippen molar-refractivity contribution in [1.82, 2.24) is 44.0 Å². The van der Waals surface area contributed by atoms with Crippen LogP contribution in [-0.4, -0.2) is 108 Å². The average molecular weight is 827 g/mol. The number of piperidine rings is 2. The molecule has 7 rings (SSSR count). The van der Waals surface area contributed by atoms with Crippen LogP contribution < -0.4 is 9.47 Å². The number of carbonyl (C=O) groups excluding carboxylic acids is 2. The molecule has 0 N–H and O–H groups in total. The number of hydrogen-bond acceptors (Lipinski definition) is 12. The number of likely N-dealkylation sites (tertiary alicyclic amines) is 2. The highest BCUT2D eigenvalue weighted by atomic mass is 79.9. The fourth-order valence-electron chi connectivity index (χ4n) is 6.54. The van der Waals surface area contributed by atoms with E-state index in [4.69, 9.17) is 28.9 Å². The van der Waals surface area contributed by atoms with Gasteiger partial charge in [-0.2, -0.15) is 19.2 Å². The summed E-state index contributed by atoms with van der Waals surface area (Å²) in [6.07, 6.45) is 6.65. The van der Waals surface area contributed by atoms with E-state index in [0.29, 0.717) is 49.2 Å². The van der Waals surface area contributed by atoms with Crippen LogP contribution in [0, 0.1) is 0 Å². The Balaban J connectivity index is 0.000000186. The third-order valence-electron chi connectivity index (χ3n) is 8.98. The number of methoxy groups -OCH3 is 2. The molecular weight excluding hydrogens is 778 g/mol. The number of amides is 2. The molecule has 0 aromatic carbocycles. The van der Waals surface area contributed by atoms with Gasteiger partial charge in [0.2, 0.25) is 11.8 Å². The molecule has 2 unspecified atom stereocenters. The van der Waals surface area contributed by atoms with E-state index in [1.54, 1.807) is 51.0 Å². The summed E-state index contributed by atoms with van der Waals surface area (Å²) in [7, 11) is 3.23. The van der Waals surface area contributed by atoms with Crippen LogP contribution >= 0.6 is 27.3 Å². The molecule has 2 fully saturated rings. The van der Waals surface area contributed by atoms with E-state index in [0.717, 1.165) is 52.8 Å². The molecule has 0 spiro atoms. The molecule has 0 aliphatic carbocycles. The molecule has 2 atom stereocenters. The third-order valence-corrected chi connectivity index (χ3v) is 10.1. The van der Waals surface area contributed by atoms with Crippen molar-refractivity contribution in [3.63, 3.8) is 0 Å². The zero-order chi connectivity index (χ0) is 38.8. The predicted molar refractivity (Wildman–Crippen MR) is 207 cm³/mol. The van der Waals surface area contributed by atoms with Crippen molar-refractivity contribution >= 4 is 50.7 Å². The van der Waals surface area contributed by atoms with Crippen LogP contribution in [0.5, 0.6) is 11.8 Å². The van der Waals surface area contributed by atoms with Crippen LogP contribution in [0.4, 0.5) is 9.59 Å². The highest BCUT2D eigenvalue weighted by Crippen LogP contribution is 2.33. The maximum absolute atomic E-state index is 12.5. The molecule has 2 aliphatic heterocycles. The second kappa shape index (κ2) is 16.1. The van der Waals surface area contributed by atoms with Crippen LogP contribution in [0.3, 0.4) is 0 Å². The number of carbonyl (C=O) groups is 2. The standard InChI is InChI=1S/C20H25N5O3S.C17H23BrN4O3/c1-20(2,3)28-19(26)24-7-5-6-13(10-24)15-8-17(27-4)25-18(23-15)14(9-22-25)16-11-29-12-21-16;1-17(2,3)25-16(23)21-7-5-6-11(10-21)13-8-14(24-4)22-15(20-13)12(18)9-19-22/h8-9,11-13H,5-7,10H2,1-4H3;8-9,11H,5-7,10H2,1-4H3. The van der Waals surface area contributed by atoms with Gasteiger partial charge in [-0.05, 0) is 83.2 Å². The molecule has 0 saturated carbocycles. The largest absolute Gasteiger partial charge is 0.481 e. The minimum Gasteiger partial charge on any atom is -0.481 e. The van der Waals surface area contributed by atoms with Crippen molar-refractivity contribution in [3.8, 4) is 23.0 Å². The van der Waals surface area contributed by atoms with Gasteiger partial charge in [-0.3, -0.25) is 0 Å². The molecule has 17 heteroatoms. The second-order valence-corrected chi connectivity index (χ2v) is 16.9. The number of hydrogen-bond donors (Lipinski definition) is 0. The maximum Gasteiger partial charge on any atom is 0.410 e. The van der Waals surface area contributed by atoms with Crippen LogP contribution in [0.1, 0.15) is 90.4 Å². The highest BCUT2D eigenvalue weighted by Gasteiger charge is 2.31. The lowest BCUT2D eigenvalue weighted by atomic mass is 9.94. The van der Waals surface area contributed by atoms with Crippen LogP contribution in [0.2, 0.25) is 0 Å². The minimum atomic E-state index is -0.509. The van der Waals surface area contributed by atoms with Gasteiger partial charge in [0.15, 0.2) is 11.3 Å². The van der Waals surface area contributed by atoms with E-state index in [-0.39, 0.29) is 24.0 Å². The summed E-state index contributed by atoms with van der Waals surface area (Å²) < 4.78 is 26.2. The minimum absolute atomic E-state index is 0.105. The Labute approximate surface area is 327 Å². The Kier molecular flexibility index (Phi) is 11.7. The van der Waals surface area contributed by atoms with Gasteiger partial charge < -0.3 is 28.7 Å². The van der Waals surface area contributed by atoms with Gasteiger partial charge in [0.1, 0.15) is 11.2 Å². The first-order valence-corrected chi connectivity index (χ1v) is 19.7. The molecule has 15 nitrogen and oxygen atoms in total. The van der Waals surface area contributed by atoms with Gasteiger partial charge in [-0.25, -0.2) is 24.5 Å². The summed E-state index contributed by atoms with van der Waals surface area (Å²) in [5.74, 6) is 1.48.